The molecular formula is C21H28N6O. The lowest BCUT2D eigenvalue weighted by atomic mass is 9.96. The summed E-state index contributed by atoms with van der Waals surface area (Å²) in [7, 11) is 0. The van der Waals surface area contributed by atoms with Crippen molar-refractivity contribution in [2.45, 2.75) is 63.9 Å². The first-order valence-corrected chi connectivity index (χ1v) is 10.4. The SMILES string of the molecule is CC(C)Oc1cccc(NC2=NC3N=CNC3C(=NC3CC4CCC3C4)N2)c1. The lowest BCUT2D eigenvalue weighted by molar-refractivity contribution is 0.242. The molecule has 1 aromatic rings. The van der Waals surface area contributed by atoms with Crippen molar-refractivity contribution in [3.8, 4) is 5.75 Å². The lowest BCUT2D eigenvalue weighted by Gasteiger charge is -2.28. The van der Waals surface area contributed by atoms with E-state index in [1.165, 1.54) is 25.7 Å². The van der Waals surface area contributed by atoms with Crippen LogP contribution in [0.3, 0.4) is 0 Å². The number of aliphatic imine (C=N–C) groups is 3. The van der Waals surface area contributed by atoms with Crippen LogP contribution >= 0.6 is 0 Å². The molecule has 2 fully saturated rings. The topological polar surface area (TPSA) is 82.4 Å². The standard InChI is InChI=1S/C21H28N6O/c1-12(2)28-16-5-3-4-15(10-16)24-21-26-19-18(22-11-23-19)20(27-21)25-17-9-13-6-7-14(17)8-13/h3-5,10-14,17-19H,6-9H2,1-2H3,(H,22,23)(H2,24,25,26,27). The number of benzene rings is 1. The number of nitrogens with one attached hydrogen (secondary N) is 3. The molecule has 2 aliphatic heterocycles. The van der Waals surface area contributed by atoms with Crippen molar-refractivity contribution >= 4 is 23.8 Å². The fourth-order valence-electron chi connectivity index (χ4n) is 4.84. The van der Waals surface area contributed by atoms with Crippen molar-refractivity contribution in [1.29, 1.82) is 0 Å². The number of anilines is 1. The normalized spacial score (nSPS) is 34.2. The van der Waals surface area contributed by atoms with Gasteiger partial charge in [-0.15, -0.1) is 0 Å². The van der Waals surface area contributed by atoms with Gasteiger partial charge in [-0.3, -0.25) is 4.99 Å². The number of guanidine groups is 1. The summed E-state index contributed by atoms with van der Waals surface area (Å²) in [6.07, 6.45) is 7.00. The van der Waals surface area contributed by atoms with Gasteiger partial charge in [-0.2, -0.15) is 0 Å². The van der Waals surface area contributed by atoms with Gasteiger partial charge in [0.2, 0.25) is 5.96 Å². The molecule has 2 heterocycles. The number of hydrogen-bond acceptors (Lipinski definition) is 6. The molecule has 2 saturated carbocycles. The second-order valence-electron chi connectivity index (χ2n) is 8.51. The minimum Gasteiger partial charge on any atom is -0.491 e. The van der Waals surface area contributed by atoms with Crippen molar-refractivity contribution < 1.29 is 4.74 Å². The Morgan fingerprint density at radius 2 is 2.18 bits per heavy atom. The van der Waals surface area contributed by atoms with E-state index in [1.807, 2.05) is 38.1 Å². The van der Waals surface area contributed by atoms with E-state index in [0.29, 0.717) is 12.0 Å². The van der Waals surface area contributed by atoms with Crippen molar-refractivity contribution in [3.05, 3.63) is 24.3 Å². The van der Waals surface area contributed by atoms with Crippen LogP contribution in [0.25, 0.3) is 0 Å². The van der Waals surface area contributed by atoms with E-state index in [4.69, 9.17) is 14.7 Å². The summed E-state index contributed by atoms with van der Waals surface area (Å²) in [4.78, 5) is 14.3. The zero-order valence-electron chi connectivity index (χ0n) is 16.4. The molecular weight excluding hydrogens is 352 g/mol. The van der Waals surface area contributed by atoms with E-state index >= 15 is 0 Å². The summed E-state index contributed by atoms with van der Waals surface area (Å²) in [6, 6.07) is 8.38. The van der Waals surface area contributed by atoms with Gasteiger partial charge in [0.15, 0.2) is 6.17 Å². The van der Waals surface area contributed by atoms with Crippen LogP contribution in [-0.4, -0.2) is 42.5 Å². The summed E-state index contributed by atoms with van der Waals surface area (Å²) in [6.45, 7) is 4.05. The highest BCUT2D eigenvalue weighted by Crippen LogP contribution is 2.46. The number of hydrogen-bond donors (Lipinski definition) is 3. The van der Waals surface area contributed by atoms with Gasteiger partial charge < -0.3 is 20.7 Å². The maximum absolute atomic E-state index is 5.79. The van der Waals surface area contributed by atoms with E-state index in [2.05, 4.69) is 20.9 Å². The second-order valence-corrected chi connectivity index (χ2v) is 8.51. The lowest BCUT2D eigenvalue weighted by Crippen LogP contribution is -2.55. The number of rotatable bonds is 4. The molecule has 0 radical (unpaired) electrons. The molecule has 4 aliphatic rings. The Kier molecular flexibility index (Phi) is 4.45. The van der Waals surface area contributed by atoms with Crippen LogP contribution in [0.5, 0.6) is 5.75 Å². The minimum absolute atomic E-state index is 0.0142. The fraction of sp³-hybridized carbons (Fsp3) is 0.571. The Morgan fingerprint density at radius 1 is 1.25 bits per heavy atom. The van der Waals surface area contributed by atoms with E-state index in [9.17, 15) is 0 Å². The van der Waals surface area contributed by atoms with Crippen LogP contribution < -0.4 is 20.7 Å². The molecule has 5 unspecified atom stereocenters. The Labute approximate surface area is 165 Å². The van der Waals surface area contributed by atoms with E-state index in [1.54, 1.807) is 6.34 Å². The van der Waals surface area contributed by atoms with Gasteiger partial charge >= 0.3 is 0 Å². The largest absolute Gasteiger partial charge is 0.491 e. The Hall–Kier alpha value is -2.57. The summed E-state index contributed by atoms with van der Waals surface area (Å²) in [5.74, 6) is 4.10. The quantitative estimate of drug-likeness (QED) is 0.750. The van der Waals surface area contributed by atoms with E-state index in [-0.39, 0.29) is 18.3 Å². The van der Waals surface area contributed by atoms with Gasteiger partial charge in [-0.25, -0.2) is 9.98 Å². The number of fused-ring (bicyclic) bond motifs is 3. The molecule has 7 nitrogen and oxygen atoms in total. The van der Waals surface area contributed by atoms with Gasteiger partial charge in [-0.1, -0.05) is 12.5 Å². The van der Waals surface area contributed by atoms with Crippen molar-refractivity contribution in [3.63, 3.8) is 0 Å². The zero-order valence-corrected chi connectivity index (χ0v) is 16.4. The predicted molar refractivity (Wildman–Crippen MR) is 112 cm³/mol. The molecule has 1 aromatic carbocycles. The average Bonchev–Trinajstić information content (AvgIpc) is 3.38. The molecule has 2 aliphatic carbocycles. The molecule has 0 spiro atoms. The highest BCUT2D eigenvalue weighted by atomic mass is 16.5. The molecule has 0 saturated heterocycles. The van der Waals surface area contributed by atoms with Gasteiger partial charge in [0, 0.05) is 11.8 Å². The summed E-state index contributed by atoms with van der Waals surface area (Å²) < 4.78 is 5.79. The zero-order chi connectivity index (χ0) is 19.1. The molecule has 0 amide bonds. The van der Waals surface area contributed by atoms with Crippen molar-refractivity contribution in [1.82, 2.24) is 10.6 Å². The van der Waals surface area contributed by atoms with Crippen LogP contribution in [0.15, 0.2) is 39.2 Å². The van der Waals surface area contributed by atoms with Crippen LogP contribution in [0.4, 0.5) is 5.69 Å². The average molecular weight is 380 g/mol. The Bertz CT molecular complexity index is 832. The Morgan fingerprint density at radius 3 is 2.96 bits per heavy atom. The summed E-state index contributed by atoms with van der Waals surface area (Å²) in [5.41, 5.74) is 0.928. The third kappa shape index (κ3) is 3.45. The van der Waals surface area contributed by atoms with Gasteiger partial charge in [0.05, 0.1) is 18.5 Å². The first-order chi connectivity index (χ1) is 13.6. The predicted octanol–water partition coefficient (Wildman–Crippen LogP) is 2.76. The smallest absolute Gasteiger partial charge is 0.203 e. The van der Waals surface area contributed by atoms with Gasteiger partial charge in [-0.05, 0) is 57.1 Å². The third-order valence-corrected chi connectivity index (χ3v) is 6.06. The third-order valence-electron chi connectivity index (χ3n) is 6.06. The molecule has 0 aromatic heterocycles. The monoisotopic (exact) mass is 380 g/mol. The number of amidine groups is 1. The Balaban J connectivity index is 1.34. The number of ether oxygens (including phenoxy) is 1. The fourth-order valence-corrected chi connectivity index (χ4v) is 4.84. The number of nitrogens with zero attached hydrogens (tertiary/aromatic N) is 3. The van der Waals surface area contributed by atoms with Crippen LogP contribution in [0, 0.1) is 11.8 Å². The molecule has 28 heavy (non-hydrogen) atoms. The second kappa shape index (κ2) is 7.11. The van der Waals surface area contributed by atoms with Crippen molar-refractivity contribution in [2.75, 3.05) is 5.32 Å². The van der Waals surface area contributed by atoms with Gasteiger partial charge in [0.25, 0.3) is 0 Å². The van der Waals surface area contributed by atoms with Gasteiger partial charge in [0.1, 0.15) is 17.6 Å². The highest BCUT2D eigenvalue weighted by molar-refractivity contribution is 6.10. The molecule has 5 atom stereocenters. The summed E-state index contributed by atoms with van der Waals surface area (Å²) >= 11 is 0. The first kappa shape index (κ1) is 17.5. The highest BCUT2D eigenvalue weighted by Gasteiger charge is 2.41. The van der Waals surface area contributed by atoms with Crippen LogP contribution in [-0.2, 0) is 0 Å². The minimum atomic E-state index is -0.170. The first-order valence-electron chi connectivity index (χ1n) is 10.4. The molecule has 7 heteroatoms. The van der Waals surface area contributed by atoms with Crippen molar-refractivity contribution in [2.24, 2.45) is 26.8 Å². The molecule has 148 valence electrons. The van der Waals surface area contributed by atoms with Crippen LogP contribution in [0.2, 0.25) is 0 Å². The summed E-state index contributed by atoms with van der Waals surface area (Å²) in [5, 5.41) is 10.1. The maximum Gasteiger partial charge on any atom is 0.203 e. The van der Waals surface area contributed by atoms with E-state index in [0.717, 1.165) is 29.1 Å². The molecule has 5 rings (SSSR count). The maximum atomic E-state index is 5.79. The molecule has 2 bridgehead atoms. The van der Waals surface area contributed by atoms with Crippen LogP contribution in [0.1, 0.15) is 39.5 Å². The molecule has 3 N–H and O–H groups in total. The van der Waals surface area contributed by atoms with E-state index < -0.39 is 0 Å².